The SMILES string of the molecule is NC(=O)c1c(CN2CCCC2)c2cc(NC(=O)[CH]CC3CCCCC3)ccc2n1Cc1ccc(F)cc1. The van der Waals surface area contributed by atoms with Crippen molar-refractivity contribution in [2.75, 3.05) is 18.4 Å². The lowest BCUT2D eigenvalue weighted by Gasteiger charge is -2.20. The Morgan fingerprint density at radius 2 is 1.70 bits per heavy atom. The third kappa shape index (κ3) is 6.04. The average Bonchev–Trinajstić information content (AvgIpc) is 3.51. The van der Waals surface area contributed by atoms with Crippen molar-refractivity contribution in [3.05, 3.63) is 71.5 Å². The van der Waals surface area contributed by atoms with Gasteiger partial charge in [0.2, 0.25) is 5.91 Å². The molecule has 1 aliphatic heterocycles. The van der Waals surface area contributed by atoms with Gasteiger partial charge in [0.25, 0.3) is 5.91 Å². The summed E-state index contributed by atoms with van der Waals surface area (Å²) in [5.41, 5.74) is 9.75. The molecule has 5 rings (SSSR count). The van der Waals surface area contributed by atoms with E-state index in [4.69, 9.17) is 5.73 Å². The molecule has 1 saturated heterocycles. The minimum Gasteiger partial charge on any atom is -0.364 e. The number of rotatable bonds is 9. The van der Waals surface area contributed by atoms with Gasteiger partial charge in [-0.25, -0.2) is 4.39 Å². The van der Waals surface area contributed by atoms with E-state index in [9.17, 15) is 14.0 Å². The summed E-state index contributed by atoms with van der Waals surface area (Å²) in [4.78, 5) is 27.8. The number of benzene rings is 2. The molecule has 1 aromatic heterocycles. The van der Waals surface area contributed by atoms with Gasteiger partial charge in [0.05, 0.1) is 6.42 Å². The zero-order valence-corrected chi connectivity index (χ0v) is 21.3. The molecule has 7 heteroatoms. The molecule has 2 aromatic carbocycles. The maximum atomic E-state index is 13.5. The lowest BCUT2D eigenvalue weighted by Crippen LogP contribution is -2.23. The van der Waals surface area contributed by atoms with Crippen molar-refractivity contribution in [1.82, 2.24) is 9.47 Å². The van der Waals surface area contributed by atoms with Crippen molar-refractivity contribution in [2.45, 2.75) is 64.5 Å². The van der Waals surface area contributed by atoms with Crippen LogP contribution < -0.4 is 11.1 Å². The number of primary amides is 1. The molecule has 37 heavy (non-hydrogen) atoms. The van der Waals surface area contributed by atoms with Crippen LogP contribution >= 0.6 is 0 Å². The van der Waals surface area contributed by atoms with Crippen LogP contribution in [0.1, 0.15) is 73.0 Å². The molecule has 0 atom stereocenters. The number of halogens is 1. The lowest BCUT2D eigenvalue weighted by atomic mass is 9.86. The van der Waals surface area contributed by atoms with Gasteiger partial charge in [-0.15, -0.1) is 0 Å². The number of anilines is 1. The molecule has 0 spiro atoms. The lowest BCUT2D eigenvalue weighted by molar-refractivity contribution is -0.113. The molecule has 195 valence electrons. The minimum absolute atomic E-state index is 0.0908. The van der Waals surface area contributed by atoms with Crippen LogP contribution in [0.3, 0.4) is 0 Å². The first kappa shape index (κ1) is 25.5. The van der Waals surface area contributed by atoms with E-state index in [1.165, 1.54) is 44.2 Å². The number of hydrogen-bond acceptors (Lipinski definition) is 3. The van der Waals surface area contributed by atoms with E-state index < -0.39 is 5.91 Å². The van der Waals surface area contributed by atoms with Crippen molar-refractivity contribution in [2.24, 2.45) is 11.7 Å². The highest BCUT2D eigenvalue weighted by atomic mass is 19.1. The molecule has 2 heterocycles. The molecule has 2 fully saturated rings. The maximum absolute atomic E-state index is 13.5. The van der Waals surface area contributed by atoms with Crippen LogP contribution in [0.15, 0.2) is 42.5 Å². The number of nitrogens with zero attached hydrogens (tertiary/aromatic N) is 2. The Bertz CT molecular complexity index is 1250. The number of nitrogens with two attached hydrogens (primary N) is 1. The first-order chi connectivity index (χ1) is 18.0. The zero-order chi connectivity index (χ0) is 25.8. The fourth-order valence-corrected chi connectivity index (χ4v) is 5.93. The summed E-state index contributed by atoms with van der Waals surface area (Å²) >= 11 is 0. The van der Waals surface area contributed by atoms with E-state index >= 15 is 0 Å². The fraction of sp³-hybridized carbons (Fsp3) is 0.433. The maximum Gasteiger partial charge on any atom is 0.265 e. The van der Waals surface area contributed by atoms with Gasteiger partial charge in [0, 0.05) is 35.2 Å². The number of carbonyl (C=O) groups is 2. The van der Waals surface area contributed by atoms with Crippen LogP contribution in [0.5, 0.6) is 0 Å². The Hall–Kier alpha value is -3.19. The monoisotopic (exact) mass is 503 g/mol. The molecular formula is C30H36FN4O2. The molecule has 2 aliphatic rings. The summed E-state index contributed by atoms with van der Waals surface area (Å²) < 4.78 is 15.4. The minimum atomic E-state index is -0.487. The van der Waals surface area contributed by atoms with Gasteiger partial charge in [-0.1, -0.05) is 44.2 Å². The Morgan fingerprint density at radius 1 is 0.973 bits per heavy atom. The number of likely N-dealkylation sites (tertiary alicyclic amines) is 1. The second kappa shape index (κ2) is 11.5. The van der Waals surface area contributed by atoms with E-state index in [1.54, 1.807) is 18.6 Å². The van der Waals surface area contributed by atoms with Crippen LogP contribution in [0.25, 0.3) is 10.9 Å². The highest BCUT2D eigenvalue weighted by molar-refractivity contribution is 6.03. The number of nitrogens with one attached hydrogen (secondary N) is 1. The highest BCUT2D eigenvalue weighted by Gasteiger charge is 2.25. The fourth-order valence-electron chi connectivity index (χ4n) is 5.93. The van der Waals surface area contributed by atoms with Crippen molar-refractivity contribution in [3.8, 4) is 0 Å². The number of carbonyl (C=O) groups excluding carboxylic acids is 2. The van der Waals surface area contributed by atoms with Crippen LogP contribution in [0.4, 0.5) is 10.1 Å². The number of amides is 2. The smallest absolute Gasteiger partial charge is 0.265 e. The van der Waals surface area contributed by atoms with Gasteiger partial charge >= 0.3 is 0 Å². The molecule has 3 N–H and O–H groups in total. The first-order valence-corrected chi connectivity index (χ1v) is 13.5. The van der Waals surface area contributed by atoms with Gasteiger partial charge < -0.3 is 15.6 Å². The third-order valence-corrected chi connectivity index (χ3v) is 7.86. The predicted molar refractivity (Wildman–Crippen MR) is 145 cm³/mol. The van der Waals surface area contributed by atoms with Gasteiger partial charge in [0.15, 0.2) is 0 Å². The van der Waals surface area contributed by atoms with Gasteiger partial charge in [-0.3, -0.25) is 14.5 Å². The largest absolute Gasteiger partial charge is 0.364 e. The predicted octanol–water partition coefficient (Wildman–Crippen LogP) is 5.64. The van der Waals surface area contributed by atoms with Crippen LogP contribution in [-0.4, -0.2) is 34.4 Å². The summed E-state index contributed by atoms with van der Waals surface area (Å²) in [7, 11) is 0. The van der Waals surface area contributed by atoms with Gasteiger partial charge in [-0.05, 0) is 74.2 Å². The van der Waals surface area contributed by atoms with Gasteiger partial charge in [-0.2, -0.15) is 0 Å². The summed E-state index contributed by atoms with van der Waals surface area (Å²) in [6, 6.07) is 12.1. The standard InChI is InChI=1S/C30H36FN4O2/c31-23-11-8-22(9-12-23)19-35-27-14-13-24(33-28(36)15-10-21-6-2-1-3-7-21)18-25(27)26(29(35)30(32)37)20-34-16-4-5-17-34/h8-9,11-15,18,21H,1-7,10,16-17,19-20H2,(H2,32,37)(H,33,36). The zero-order valence-electron chi connectivity index (χ0n) is 21.3. The first-order valence-electron chi connectivity index (χ1n) is 13.5. The van der Waals surface area contributed by atoms with Crippen molar-refractivity contribution >= 4 is 28.4 Å². The molecule has 1 saturated carbocycles. The molecule has 3 aromatic rings. The molecule has 2 amide bonds. The van der Waals surface area contributed by atoms with Crippen LogP contribution in [0.2, 0.25) is 0 Å². The topological polar surface area (TPSA) is 80.4 Å². The van der Waals surface area contributed by atoms with E-state index in [1.807, 2.05) is 22.8 Å². The second-order valence-corrected chi connectivity index (χ2v) is 10.6. The summed E-state index contributed by atoms with van der Waals surface area (Å²) in [6.07, 6.45) is 11.1. The van der Waals surface area contributed by atoms with Crippen molar-refractivity contribution in [3.63, 3.8) is 0 Å². The Balaban J connectivity index is 1.45. The van der Waals surface area contributed by atoms with E-state index in [2.05, 4.69) is 10.2 Å². The van der Waals surface area contributed by atoms with Crippen molar-refractivity contribution in [1.29, 1.82) is 0 Å². The highest BCUT2D eigenvalue weighted by Crippen LogP contribution is 2.32. The molecule has 0 unspecified atom stereocenters. The summed E-state index contributed by atoms with van der Waals surface area (Å²) in [6.45, 7) is 2.98. The normalized spacial score (nSPS) is 16.9. The van der Waals surface area contributed by atoms with Crippen LogP contribution in [0, 0.1) is 18.2 Å². The quantitative estimate of drug-likeness (QED) is 0.397. The molecule has 1 radical (unpaired) electrons. The Labute approximate surface area is 218 Å². The van der Waals surface area contributed by atoms with E-state index in [0.717, 1.165) is 54.4 Å². The molecular weight excluding hydrogens is 467 g/mol. The molecule has 6 nitrogen and oxygen atoms in total. The Morgan fingerprint density at radius 3 is 2.41 bits per heavy atom. The van der Waals surface area contributed by atoms with E-state index in [0.29, 0.717) is 30.4 Å². The summed E-state index contributed by atoms with van der Waals surface area (Å²) in [5.74, 6) is -0.273. The average molecular weight is 504 g/mol. The molecule has 1 aliphatic carbocycles. The third-order valence-electron chi connectivity index (χ3n) is 7.86. The number of aromatic nitrogens is 1. The number of fused-ring (bicyclic) bond motifs is 1. The van der Waals surface area contributed by atoms with Gasteiger partial charge in [0.1, 0.15) is 11.5 Å². The summed E-state index contributed by atoms with van der Waals surface area (Å²) in [5, 5.41) is 3.94. The molecule has 0 bridgehead atoms. The number of hydrogen-bond donors (Lipinski definition) is 2. The van der Waals surface area contributed by atoms with Crippen molar-refractivity contribution < 1.29 is 14.0 Å². The second-order valence-electron chi connectivity index (χ2n) is 10.6. The van der Waals surface area contributed by atoms with E-state index in [-0.39, 0.29) is 11.7 Å². The Kier molecular flexibility index (Phi) is 7.89. The van der Waals surface area contributed by atoms with Crippen LogP contribution in [-0.2, 0) is 17.9 Å².